The summed E-state index contributed by atoms with van der Waals surface area (Å²) in [4.78, 5) is 12.4. The van der Waals surface area contributed by atoms with Crippen molar-refractivity contribution in [3.63, 3.8) is 0 Å². The first kappa shape index (κ1) is 18.8. The Bertz CT molecular complexity index is 731. The van der Waals surface area contributed by atoms with Crippen LogP contribution < -0.4 is 10.1 Å². The third-order valence-corrected chi connectivity index (χ3v) is 6.20. The highest BCUT2D eigenvalue weighted by molar-refractivity contribution is 7.99. The maximum absolute atomic E-state index is 12.4. The second-order valence-corrected chi connectivity index (χ2v) is 7.85. The molecule has 3 atom stereocenters. The molecule has 2 aromatic rings. The SMILES string of the molecule is COc1ccc(-n2cnnc2SCC(=O)NC2CCCC(C)C2C)cc1. The number of rotatable bonds is 6. The van der Waals surface area contributed by atoms with Crippen LogP contribution in [0.5, 0.6) is 5.75 Å². The molecule has 1 N–H and O–H groups in total. The Kier molecular flexibility index (Phi) is 6.19. The van der Waals surface area contributed by atoms with Crippen molar-refractivity contribution in [1.82, 2.24) is 20.1 Å². The van der Waals surface area contributed by atoms with Crippen molar-refractivity contribution in [3.05, 3.63) is 30.6 Å². The number of aromatic nitrogens is 3. The van der Waals surface area contributed by atoms with E-state index >= 15 is 0 Å². The minimum Gasteiger partial charge on any atom is -0.497 e. The molecule has 26 heavy (non-hydrogen) atoms. The van der Waals surface area contributed by atoms with E-state index in [-0.39, 0.29) is 11.9 Å². The van der Waals surface area contributed by atoms with Crippen molar-refractivity contribution >= 4 is 17.7 Å². The van der Waals surface area contributed by atoms with Crippen LogP contribution in [-0.4, -0.2) is 39.6 Å². The number of carbonyl (C=O) groups is 1. The van der Waals surface area contributed by atoms with Gasteiger partial charge in [0.25, 0.3) is 0 Å². The molecule has 1 aliphatic rings. The molecular formula is C19H26N4O2S. The van der Waals surface area contributed by atoms with E-state index in [1.807, 2.05) is 28.8 Å². The average molecular weight is 375 g/mol. The van der Waals surface area contributed by atoms with Crippen LogP contribution >= 0.6 is 11.8 Å². The van der Waals surface area contributed by atoms with E-state index in [4.69, 9.17) is 4.74 Å². The van der Waals surface area contributed by atoms with E-state index in [0.717, 1.165) is 17.9 Å². The summed E-state index contributed by atoms with van der Waals surface area (Å²) in [6.45, 7) is 4.51. The zero-order chi connectivity index (χ0) is 18.5. The first-order chi connectivity index (χ1) is 12.6. The minimum atomic E-state index is 0.0604. The molecular weight excluding hydrogens is 348 g/mol. The molecule has 6 nitrogen and oxygen atoms in total. The Morgan fingerprint density at radius 3 is 2.81 bits per heavy atom. The van der Waals surface area contributed by atoms with Crippen LogP contribution in [0.2, 0.25) is 0 Å². The highest BCUT2D eigenvalue weighted by Crippen LogP contribution is 2.29. The molecule has 1 heterocycles. The van der Waals surface area contributed by atoms with E-state index in [0.29, 0.717) is 22.7 Å². The summed E-state index contributed by atoms with van der Waals surface area (Å²) in [5.41, 5.74) is 0.938. The molecule has 3 unspecified atom stereocenters. The third kappa shape index (κ3) is 4.38. The van der Waals surface area contributed by atoms with Crippen molar-refractivity contribution < 1.29 is 9.53 Å². The van der Waals surface area contributed by atoms with Gasteiger partial charge in [-0.25, -0.2) is 0 Å². The maximum atomic E-state index is 12.4. The van der Waals surface area contributed by atoms with E-state index in [2.05, 4.69) is 29.4 Å². The van der Waals surface area contributed by atoms with Gasteiger partial charge in [-0.3, -0.25) is 9.36 Å². The van der Waals surface area contributed by atoms with E-state index < -0.39 is 0 Å². The van der Waals surface area contributed by atoms with Crippen LogP contribution in [0.25, 0.3) is 5.69 Å². The Morgan fingerprint density at radius 1 is 1.31 bits per heavy atom. The second-order valence-electron chi connectivity index (χ2n) is 6.91. The quantitative estimate of drug-likeness (QED) is 0.786. The van der Waals surface area contributed by atoms with Crippen LogP contribution in [-0.2, 0) is 4.79 Å². The van der Waals surface area contributed by atoms with Crippen molar-refractivity contribution in [3.8, 4) is 11.4 Å². The first-order valence-electron chi connectivity index (χ1n) is 9.05. The minimum absolute atomic E-state index is 0.0604. The van der Waals surface area contributed by atoms with Crippen molar-refractivity contribution in [2.24, 2.45) is 11.8 Å². The fourth-order valence-electron chi connectivity index (χ4n) is 3.41. The number of nitrogens with zero attached hydrogens (tertiary/aromatic N) is 3. The van der Waals surface area contributed by atoms with Crippen LogP contribution in [0.1, 0.15) is 33.1 Å². The van der Waals surface area contributed by atoms with Gasteiger partial charge in [0, 0.05) is 11.7 Å². The Balaban J connectivity index is 1.58. The van der Waals surface area contributed by atoms with Gasteiger partial charge in [0.05, 0.1) is 12.9 Å². The maximum Gasteiger partial charge on any atom is 0.230 e. The third-order valence-electron chi connectivity index (χ3n) is 5.25. The lowest BCUT2D eigenvalue weighted by Crippen LogP contribution is -2.44. The van der Waals surface area contributed by atoms with E-state index in [1.165, 1.54) is 24.6 Å². The highest BCUT2D eigenvalue weighted by atomic mass is 32.2. The number of nitrogens with one attached hydrogen (secondary N) is 1. The van der Waals surface area contributed by atoms with Gasteiger partial charge in [-0.2, -0.15) is 0 Å². The zero-order valence-corrected chi connectivity index (χ0v) is 16.3. The van der Waals surface area contributed by atoms with Gasteiger partial charge in [0.1, 0.15) is 12.1 Å². The van der Waals surface area contributed by atoms with E-state index in [1.54, 1.807) is 13.4 Å². The molecule has 7 heteroatoms. The van der Waals surface area contributed by atoms with Crippen LogP contribution in [0, 0.1) is 11.8 Å². The number of thioether (sulfide) groups is 1. The molecule has 0 aliphatic heterocycles. The Morgan fingerprint density at radius 2 is 2.08 bits per heavy atom. The molecule has 1 fully saturated rings. The van der Waals surface area contributed by atoms with Gasteiger partial charge in [0.2, 0.25) is 5.91 Å². The van der Waals surface area contributed by atoms with Crippen molar-refractivity contribution in [2.75, 3.05) is 12.9 Å². The van der Waals surface area contributed by atoms with E-state index in [9.17, 15) is 4.79 Å². The standard InChI is InChI=1S/C19H26N4O2S/c1-13-5-4-6-17(14(13)2)21-18(24)11-26-19-22-20-12-23(19)15-7-9-16(25-3)10-8-15/h7-10,12-14,17H,4-6,11H2,1-3H3,(H,21,24). The fraction of sp³-hybridized carbons (Fsp3) is 0.526. The topological polar surface area (TPSA) is 69.0 Å². The molecule has 3 rings (SSSR count). The predicted molar refractivity (Wildman–Crippen MR) is 103 cm³/mol. The lowest BCUT2D eigenvalue weighted by molar-refractivity contribution is -0.120. The predicted octanol–water partition coefficient (Wildman–Crippen LogP) is 3.31. The first-order valence-corrected chi connectivity index (χ1v) is 10.0. The summed E-state index contributed by atoms with van der Waals surface area (Å²) in [7, 11) is 1.64. The van der Waals surface area contributed by atoms with Crippen LogP contribution in [0.4, 0.5) is 0 Å². The second kappa shape index (κ2) is 8.58. The number of carbonyl (C=O) groups excluding carboxylic acids is 1. The average Bonchev–Trinajstić information content (AvgIpc) is 3.12. The van der Waals surface area contributed by atoms with Crippen molar-refractivity contribution in [2.45, 2.75) is 44.3 Å². The summed E-state index contributed by atoms with van der Waals surface area (Å²) in [6.07, 6.45) is 5.18. The fourth-order valence-corrected chi connectivity index (χ4v) is 4.15. The van der Waals surface area contributed by atoms with Gasteiger partial charge < -0.3 is 10.1 Å². The summed E-state index contributed by atoms with van der Waals surface area (Å²) in [5.74, 6) is 2.39. The molecule has 0 saturated heterocycles. The summed E-state index contributed by atoms with van der Waals surface area (Å²) in [5, 5.41) is 12.0. The van der Waals surface area contributed by atoms with Gasteiger partial charge in [0.15, 0.2) is 5.16 Å². The Hall–Kier alpha value is -2.02. The molecule has 1 amide bonds. The Labute approximate surface area is 158 Å². The lowest BCUT2D eigenvalue weighted by atomic mass is 9.78. The molecule has 1 aliphatic carbocycles. The molecule has 0 bridgehead atoms. The number of ether oxygens (including phenoxy) is 1. The largest absolute Gasteiger partial charge is 0.497 e. The van der Waals surface area contributed by atoms with Crippen LogP contribution in [0.3, 0.4) is 0 Å². The van der Waals surface area contributed by atoms with Gasteiger partial charge in [-0.05, 0) is 42.5 Å². The summed E-state index contributed by atoms with van der Waals surface area (Å²) < 4.78 is 7.06. The molecule has 1 aromatic heterocycles. The molecule has 1 aromatic carbocycles. The van der Waals surface area contributed by atoms with Crippen molar-refractivity contribution in [1.29, 1.82) is 0 Å². The monoisotopic (exact) mass is 374 g/mol. The summed E-state index contributed by atoms with van der Waals surface area (Å²) >= 11 is 1.40. The smallest absolute Gasteiger partial charge is 0.230 e. The number of hydrogen-bond donors (Lipinski definition) is 1. The number of benzene rings is 1. The van der Waals surface area contributed by atoms with Gasteiger partial charge in [-0.1, -0.05) is 38.5 Å². The highest BCUT2D eigenvalue weighted by Gasteiger charge is 2.28. The molecule has 1 saturated carbocycles. The molecule has 140 valence electrons. The molecule has 0 spiro atoms. The zero-order valence-electron chi connectivity index (χ0n) is 15.5. The van der Waals surface area contributed by atoms with Crippen LogP contribution in [0.15, 0.2) is 35.7 Å². The van der Waals surface area contributed by atoms with Gasteiger partial charge >= 0.3 is 0 Å². The normalized spacial score (nSPS) is 22.8. The number of amides is 1. The number of hydrogen-bond acceptors (Lipinski definition) is 5. The number of methoxy groups -OCH3 is 1. The lowest BCUT2D eigenvalue weighted by Gasteiger charge is -2.34. The molecule has 0 radical (unpaired) electrons. The summed E-state index contributed by atoms with van der Waals surface area (Å²) in [6, 6.07) is 7.95. The van der Waals surface area contributed by atoms with Gasteiger partial charge in [-0.15, -0.1) is 10.2 Å².